The highest BCUT2D eigenvalue weighted by molar-refractivity contribution is 5.96. The van der Waals surface area contributed by atoms with Crippen LogP contribution in [0.2, 0.25) is 0 Å². The Kier molecular flexibility index (Phi) is 3.94. The van der Waals surface area contributed by atoms with Crippen molar-refractivity contribution in [1.29, 1.82) is 0 Å². The van der Waals surface area contributed by atoms with Gasteiger partial charge in [0.15, 0.2) is 0 Å². The predicted molar refractivity (Wildman–Crippen MR) is 78.2 cm³/mol. The van der Waals surface area contributed by atoms with E-state index in [1.54, 1.807) is 24.0 Å². The molecule has 5 nitrogen and oxygen atoms in total. The summed E-state index contributed by atoms with van der Waals surface area (Å²) in [5.41, 5.74) is 1.29. The number of aromatic nitrogens is 2. The van der Waals surface area contributed by atoms with Gasteiger partial charge in [0, 0.05) is 23.9 Å². The second-order valence-electron chi connectivity index (χ2n) is 5.48. The summed E-state index contributed by atoms with van der Waals surface area (Å²) in [5.74, 6) is -1.51. The van der Waals surface area contributed by atoms with Crippen LogP contribution in [0.5, 0.6) is 0 Å². The van der Waals surface area contributed by atoms with E-state index in [0.717, 1.165) is 19.3 Å². The molecule has 0 bridgehead atoms. The van der Waals surface area contributed by atoms with Gasteiger partial charge in [0.2, 0.25) is 0 Å². The molecule has 1 saturated heterocycles. The highest BCUT2D eigenvalue weighted by Gasteiger charge is 2.20. The summed E-state index contributed by atoms with van der Waals surface area (Å²) in [6.45, 7) is 2.24. The number of carbonyl (C=O) groups is 1. The van der Waals surface area contributed by atoms with Crippen molar-refractivity contribution in [2.24, 2.45) is 0 Å². The normalized spacial score (nSPS) is 18.4. The van der Waals surface area contributed by atoms with Gasteiger partial charge in [-0.2, -0.15) is 5.10 Å². The Bertz CT molecular complexity index is 705. The third-order valence-electron chi connectivity index (χ3n) is 3.89. The molecule has 1 aromatic heterocycles. The number of rotatable bonds is 3. The fourth-order valence-corrected chi connectivity index (χ4v) is 2.66. The molecule has 0 spiro atoms. The molecule has 1 aliphatic heterocycles. The van der Waals surface area contributed by atoms with Crippen LogP contribution in [0.1, 0.15) is 41.4 Å². The van der Waals surface area contributed by atoms with Gasteiger partial charge in [0.1, 0.15) is 12.0 Å². The first-order valence-electron chi connectivity index (χ1n) is 7.26. The third-order valence-corrected chi connectivity index (χ3v) is 3.89. The van der Waals surface area contributed by atoms with Gasteiger partial charge in [-0.1, -0.05) is 0 Å². The minimum Gasteiger partial charge on any atom is -0.478 e. The maximum Gasteiger partial charge on any atom is 0.336 e. The molecule has 1 N–H and O–H groups in total. The van der Waals surface area contributed by atoms with E-state index in [1.807, 2.05) is 0 Å². The number of aryl methyl sites for hydroxylation is 1. The van der Waals surface area contributed by atoms with E-state index >= 15 is 0 Å². The summed E-state index contributed by atoms with van der Waals surface area (Å²) in [5, 5.41) is 13.6. The zero-order valence-corrected chi connectivity index (χ0v) is 12.3. The molecule has 0 amide bonds. The quantitative estimate of drug-likeness (QED) is 0.944. The van der Waals surface area contributed by atoms with Crippen LogP contribution in [0.25, 0.3) is 11.1 Å². The van der Waals surface area contributed by atoms with Gasteiger partial charge in [-0.05, 0) is 43.9 Å². The lowest BCUT2D eigenvalue weighted by Crippen LogP contribution is -2.18. The minimum atomic E-state index is -1.08. The number of hydrogen-bond donors (Lipinski definition) is 1. The summed E-state index contributed by atoms with van der Waals surface area (Å²) in [6.07, 6.45) is 6.11. The minimum absolute atomic E-state index is 0.0722. The van der Waals surface area contributed by atoms with Gasteiger partial charge in [-0.15, -0.1) is 0 Å². The number of halogens is 1. The van der Waals surface area contributed by atoms with E-state index in [1.165, 1.54) is 12.1 Å². The largest absolute Gasteiger partial charge is 0.478 e. The van der Waals surface area contributed by atoms with E-state index in [0.29, 0.717) is 23.3 Å². The van der Waals surface area contributed by atoms with Crippen molar-refractivity contribution in [2.75, 3.05) is 6.61 Å². The van der Waals surface area contributed by atoms with Crippen molar-refractivity contribution in [2.45, 2.75) is 32.4 Å². The molecule has 1 aromatic carbocycles. The Labute approximate surface area is 127 Å². The molecular weight excluding hydrogens is 287 g/mol. The molecule has 1 fully saturated rings. The zero-order chi connectivity index (χ0) is 15.7. The number of ether oxygens (including phenoxy) is 1. The first-order chi connectivity index (χ1) is 10.6. The monoisotopic (exact) mass is 304 g/mol. The van der Waals surface area contributed by atoms with Crippen molar-refractivity contribution < 1.29 is 19.0 Å². The molecule has 0 saturated carbocycles. The number of benzene rings is 1. The summed E-state index contributed by atoms with van der Waals surface area (Å²) in [4.78, 5) is 11.4. The number of hydrogen-bond acceptors (Lipinski definition) is 3. The summed E-state index contributed by atoms with van der Waals surface area (Å²) >= 11 is 0. The highest BCUT2D eigenvalue weighted by atomic mass is 19.1. The van der Waals surface area contributed by atoms with Crippen LogP contribution in [-0.2, 0) is 4.74 Å². The van der Waals surface area contributed by atoms with Gasteiger partial charge >= 0.3 is 5.97 Å². The Morgan fingerprint density at radius 1 is 1.45 bits per heavy atom. The molecule has 2 aromatic rings. The maximum absolute atomic E-state index is 13.8. The second kappa shape index (κ2) is 5.88. The van der Waals surface area contributed by atoms with Crippen LogP contribution in [0.3, 0.4) is 0 Å². The third kappa shape index (κ3) is 2.74. The molecule has 2 heterocycles. The van der Waals surface area contributed by atoms with E-state index in [-0.39, 0.29) is 11.8 Å². The van der Waals surface area contributed by atoms with Gasteiger partial charge in [-0.25, -0.2) is 13.9 Å². The van der Waals surface area contributed by atoms with Crippen molar-refractivity contribution in [3.8, 4) is 11.1 Å². The molecule has 1 aliphatic rings. The topological polar surface area (TPSA) is 64.3 Å². The smallest absolute Gasteiger partial charge is 0.336 e. The van der Waals surface area contributed by atoms with Gasteiger partial charge in [0.25, 0.3) is 0 Å². The fraction of sp³-hybridized carbons (Fsp3) is 0.375. The number of carboxylic acids is 1. The molecular formula is C16H17FN2O3. The average Bonchev–Trinajstić information content (AvgIpc) is 3.00. The molecule has 116 valence electrons. The second-order valence-corrected chi connectivity index (χ2v) is 5.48. The van der Waals surface area contributed by atoms with Gasteiger partial charge < -0.3 is 9.84 Å². The number of aromatic carboxylic acids is 1. The van der Waals surface area contributed by atoms with E-state index in [4.69, 9.17) is 4.74 Å². The highest BCUT2D eigenvalue weighted by Crippen LogP contribution is 2.29. The predicted octanol–water partition coefficient (Wildman–Crippen LogP) is 3.39. The first kappa shape index (κ1) is 14.7. The summed E-state index contributed by atoms with van der Waals surface area (Å²) < 4.78 is 21.1. The van der Waals surface area contributed by atoms with Crippen LogP contribution in [-0.4, -0.2) is 27.5 Å². The van der Waals surface area contributed by atoms with Crippen LogP contribution in [0.4, 0.5) is 4.39 Å². The molecule has 22 heavy (non-hydrogen) atoms. The average molecular weight is 304 g/mol. The van der Waals surface area contributed by atoms with E-state index < -0.39 is 11.8 Å². The van der Waals surface area contributed by atoms with Crippen molar-refractivity contribution in [1.82, 2.24) is 9.78 Å². The Morgan fingerprint density at radius 2 is 2.27 bits per heavy atom. The van der Waals surface area contributed by atoms with E-state index in [9.17, 15) is 14.3 Å². The standard InChI is InChI=1S/C16H17FN2O3/c1-10-6-13(16(20)21)12(7-14(10)17)11-8-18-19(9-11)15-4-2-3-5-22-15/h6-9,15H,2-5H2,1H3,(H,20,21). The first-order valence-corrected chi connectivity index (χ1v) is 7.26. The van der Waals surface area contributed by atoms with Crippen LogP contribution in [0, 0.1) is 12.7 Å². The lowest BCUT2D eigenvalue weighted by molar-refractivity contribution is -0.0394. The number of nitrogens with zero attached hydrogens (tertiary/aromatic N) is 2. The summed E-state index contributed by atoms with van der Waals surface area (Å²) in [6, 6.07) is 2.60. The Hall–Kier alpha value is -2.21. The Morgan fingerprint density at radius 3 is 2.95 bits per heavy atom. The van der Waals surface area contributed by atoms with Crippen LogP contribution in [0.15, 0.2) is 24.5 Å². The van der Waals surface area contributed by atoms with Gasteiger partial charge in [0.05, 0.1) is 11.8 Å². The molecule has 1 unspecified atom stereocenters. The lowest BCUT2D eigenvalue weighted by Gasteiger charge is -2.22. The van der Waals surface area contributed by atoms with Crippen LogP contribution < -0.4 is 0 Å². The molecule has 3 rings (SSSR count). The molecule has 1 atom stereocenters. The Balaban J connectivity index is 1.99. The van der Waals surface area contributed by atoms with Crippen LogP contribution >= 0.6 is 0 Å². The van der Waals surface area contributed by atoms with E-state index in [2.05, 4.69) is 5.10 Å². The molecule has 0 aliphatic carbocycles. The maximum atomic E-state index is 13.8. The van der Waals surface area contributed by atoms with Gasteiger partial charge in [-0.3, -0.25) is 0 Å². The lowest BCUT2D eigenvalue weighted by atomic mass is 10.00. The molecule has 6 heteroatoms. The number of carboxylic acid groups (broad SMARTS) is 1. The van der Waals surface area contributed by atoms with Crippen molar-refractivity contribution in [3.05, 3.63) is 41.5 Å². The van der Waals surface area contributed by atoms with Crippen molar-refractivity contribution >= 4 is 5.97 Å². The fourth-order valence-electron chi connectivity index (χ4n) is 2.66. The zero-order valence-electron chi connectivity index (χ0n) is 12.3. The summed E-state index contributed by atoms with van der Waals surface area (Å²) in [7, 11) is 0. The molecule has 0 radical (unpaired) electrons. The SMILES string of the molecule is Cc1cc(C(=O)O)c(-c2cnn(C3CCCCO3)c2)cc1F. The van der Waals surface area contributed by atoms with Crippen molar-refractivity contribution in [3.63, 3.8) is 0 Å².